The van der Waals surface area contributed by atoms with Crippen LogP contribution in [0.5, 0.6) is 0 Å². The van der Waals surface area contributed by atoms with E-state index in [9.17, 15) is 34.4 Å². The number of ether oxygens (including phenoxy) is 1. The monoisotopic (exact) mass is 378 g/mol. The Labute approximate surface area is 197 Å². The summed E-state index contributed by atoms with van der Waals surface area (Å²) in [5.74, 6) is -3.29. The summed E-state index contributed by atoms with van der Waals surface area (Å²) in [6, 6.07) is 0. The summed E-state index contributed by atoms with van der Waals surface area (Å²) in [5, 5.41) is 30.7. The van der Waals surface area contributed by atoms with Crippen LogP contribution in [0.15, 0.2) is 11.6 Å². The van der Waals surface area contributed by atoms with Crippen LogP contribution in [0.2, 0.25) is 0 Å². The zero-order valence-corrected chi connectivity index (χ0v) is 19.7. The molecule has 114 valence electrons. The van der Waals surface area contributed by atoms with Gasteiger partial charge in [-0.25, -0.2) is 0 Å². The van der Waals surface area contributed by atoms with Crippen LogP contribution in [0.4, 0.5) is 0 Å². The molecule has 0 radical (unpaired) electrons. The van der Waals surface area contributed by atoms with Crippen LogP contribution < -0.4 is 104 Å². The molecule has 0 aromatic rings. The number of carbonyl (C=O) groups is 2. The van der Waals surface area contributed by atoms with Crippen LogP contribution in [-0.4, -0.2) is 46.9 Å². The first-order chi connectivity index (χ1) is 9.10. The summed E-state index contributed by atoms with van der Waals surface area (Å²) in [4.78, 5) is 40.1. The second-order valence-electron chi connectivity index (χ2n) is 3.93. The molecule has 10 nitrogen and oxygen atoms in total. The maximum absolute atomic E-state index is 10.7. The molecule has 0 aliphatic heterocycles. The topological polar surface area (TPSA) is 179 Å². The van der Waals surface area contributed by atoms with Gasteiger partial charge in [0.25, 0.3) is 7.82 Å². The largest absolute Gasteiger partial charge is 1.00 e. The van der Waals surface area contributed by atoms with E-state index >= 15 is 0 Å². The van der Waals surface area contributed by atoms with Crippen molar-refractivity contribution in [1.29, 1.82) is 0 Å². The van der Waals surface area contributed by atoms with E-state index in [1.807, 2.05) is 0 Å². The first-order valence-electron chi connectivity index (χ1n) is 5.24. The molecular formula is C9H10Na3O10P. The van der Waals surface area contributed by atoms with Gasteiger partial charge < -0.3 is 44.0 Å². The average molecular weight is 378 g/mol. The van der Waals surface area contributed by atoms with Crippen LogP contribution in [0.3, 0.4) is 0 Å². The van der Waals surface area contributed by atoms with Crippen molar-refractivity contribution in [1.82, 2.24) is 0 Å². The van der Waals surface area contributed by atoms with E-state index in [-0.39, 0.29) is 88.7 Å². The fourth-order valence-corrected chi connectivity index (χ4v) is 2.14. The smallest absolute Gasteiger partial charge is 0.756 e. The predicted octanol–water partition coefficient (Wildman–Crippen LogP) is -13.6. The zero-order valence-electron chi connectivity index (χ0n) is 12.8. The molecule has 0 amide bonds. The number of phosphoric acid groups is 1. The quantitative estimate of drug-likeness (QED) is 0.333. The Morgan fingerprint density at radius 3 is 2.22 bits per heavy atom. The number of aliphatic hydroxyl groups excluding tert-OH is 1. The zero-order chi connectivity index (χ0) is 15.5. The Balaban J connectivity index is -0.00000133. The van der Waals surface area contributed by atoms with Gasteiger partial charge in [-0.15, -0.1) is 0 Å². The Morgan fingerprint density at radius 2 is 1.83 bits per heavy atom. The van der Waals surface area contributed by atoms with Gasteiger partial charge >= 0.3 is 88.7 Å². The van der Waals surface area contributed by atoms with Gasteiger partial charge in [0.15, 0.2) is 0 Å². The Bertz CT molecular complexity index is 478. The molecule has 1 unspecified atom stereocenters. The van der Waals surface area contributed by atoms with Crippen molar-refractivity contribution < 1.29 is 137 Å². The number of rotatable bonds is 6. The molecule has 0 aromatic heterocycles. The predicted molar refractivity (Wildman–Crippen MR) is 53.2 cm³/mol. The second kappa shape index (κ2) is 13.0. The molecular weight excluding hydrogens is 368 g/mol. The standard InChI is InChI=1S/C9H13O10P.3Na/c10-7(11)3-18-5-1-4(9(13)14)2-6(8(5)12)19-20(15,16)17;;;/h2,5-6,8,12H,1,3H2,(H,10,11)(H,13,14)(H2,15,16,17);;;/q;3*+1/p-3/t5-,6-,8+;;;/m1.../s1. The number of hydrogen-bond acceptors (Lipinski definition) is 9. The van der Waals surface area contributed by atoms with Crippen LogP contribution in [0.1, 0.15) is 6.42 Å². The van der Waals surface area contributed by atoms with E-state index in [0.717, 1.165) is 6.08 Å². The molecule has 0 bridgehead atoms. The van der Waals surface area contributed by atoms with Gasteiger partial charge in [0.1, 0.15) is 12.2 Å². The van der Waals surface area contributed by atoms with Gasteiger partial charge in [-0.1, -0.05) is 0 Å². The van der Waals surface area contributed by atoms with Crippen LogP contribution in [0.25, 0.3) is 0 Å². The number of aliphatic hydroxyl groups is 1. The molecule has 0 fully saturated rings. The van der Waals surface area contributed by atoms with Gasteiger partial charge in [-0.2, -0.15) is 0 Å². The SMILES string of the molecule is O=C([O-])CO[C@@H]1CC(C(=O)[O-])=C[C@@H](OP(=O)([O-])O)[C@H]1O.[Na+].[Na+].[Na+]. The summed E-state index contributed by atoms with van der Waals surface area (Å²) in [6.45, 7) is -0.942. The third-order valence-electron chi connectivity index (χ3n) is 2.44. The van der Waals surface area contributed by atoms with E-state index in [1.165, 1.54) is 0 Å². The fraction of sp³-hybridized carbons (Fsp3) is 0.556. The van der Waals surface area contributed by atoms with Crippen LogP contribution >= 0.6 is 7.82 Å². The number of carbonyl (C=O) groups excluding carboxylic acids is 2. The molecule has 1 aliphatic rings. The number of phosphoric ester groups is 1. The molecule has 4 atom stereocenters. The summed E-state index contributed by atoms with van der Waals surface area (Å²) in [7, 11) is -5.24. The summed E-state index contributed by atoms with van der Waals surface area (Å²) < 4.78 is 19.4. The maximum Gasteiger partial charge on any atom is 1.00 e. The Morgan fingerprint density at radius 1 is 1.30 bits per heavy atom. The van der Waals surface area contributed by atoms with Gasteiger partial charge in [-0.05, 0) is 11.6 Å². The first kappa shape index (κ1) is 29.5. The summed E-state index contributed by atoms with van der Waals surface area (Å²) in [6.07, 6.45) is -4.50. The summed E-state index contributed by atoms with van der Waals surface area (Å²) >= 11 is 0. The third-order valence-corrected chi connectivity index (χ3v) is 2.95. The molecule has 0 spiro atoms. The van der Waals surface area contributed by atoms with Crippen molar-refractivity contribution in [3.05, 3.63) is 11.6 Å². The van der Waals surface area contributed by atoms with Crippen molar-refractivity contribution in [2.45, 2.75) is 24.7 Å². The first-order valence-corrected chi connectivity index (χ1v) is 6.73. The van der Waals surface area contributed by atoms with Crippen molar-refractivity contribution in [2.24, 2.45) is 0 Å². The Hall–Kier alpha value is 1.71. The minimum Gasteiger partial charge on any atom is -0.756 e. The van der Waals surface area contributed by atoms with E-state index < -0.39 is 56.7 Å². The second-order valence-corrected chi connectivity index (χ2v) is 5.08. The van der Waals surface area contributed by atoms with Gasteiger partial charge in [0.05, 0.1) is 24.6 Å². The number of hydrogen-bond donors (Lipinski definition) is 2. The summed E-state index contributed by atoms with van der Waals surface area (Å²) in [5.41, 5.74) is -0.461. The molecule has 1 rings (SSSR count). The van der Waals surface area contributed by atoms with Crippen molar-refractivity contribution >= 4 is 19.8 Å². The fourth-order valence-electron chi connectivity index (χ4n) is 1.64. The van der Waals surface area contributed by atoms with Gasteiger partial charge in [0.2, 0.25) is 0 Å². The van der Waals surface area contributed by atoms with E-state index in [2.05, 4.69) is 9.26 Å². The van der Waals surface area contributed by atoms with E-state index in [4.69, 9.17) is 4.89 Å². The molecule has 0 aromatic carbocycles. The average Bonchev–Trinajstić information content (AvgIpc) is 2.27. The molecule has 0 heterocycles. The van der Waals surface area contributed by atoms with Crippen molar-refractivity contribution in [2.75, 3.05) is 6.61 Å². The van der Waals surface area contributed by atoms with Crippen molar-refractivity contribution in [3.63, 3.8) is 0 Å². The van der Waals surface area contributed by atoms with E-state index in [1.54, 1.807) is 0 Å². The number of carboxylic acid groups (broad SMARTS) is 2. The minimum absolute atomic E-state index is 0. The third kappa shape index (κ3) is 11.1. The molecule has 2 N–H and O–H groups in total. The normalized spacial score (nSPS) is 25.5. The number of carboxylic acids is 2. The number of aliphatic carboxylic acids is 2. The maximum atomic E-state index is 10.7. The minimum atomic E-state index is -5.24. The Kier molecular flexibility index (Phi) is 16.6. The molecule has 0 saturated heterocycles. The van der Waals surface area contributed by atoms with Crippen LogP contribution in [-0.2, 0) is 23.4 Å². The van der Waals surface area contributed by atoms with E-state index in [0.29, 0.717) is 0 Å². The molecule has 14 heteroatoms. The molecule has 1 aliphatic carbocycles. The van der Waals surface area contributed by atoms with Gasteiger partial charge in [0, 0.05) is 6.42 Å². The van der Waals surface area contributed by atoms with Crippen LogP contribution in [0, 0.1) is 0 Å². The molecule has 0 saturated carbocycles. The van der Waals surface area contributed by atoms with Crippen molar-refractivity contribution in [3.8, 4) is 0 Å². The molecule has 23 heavy (non-hydrogen) atoms. The van der Waals surface area contributed by atoms with Gasteiger partial charge in [-0.3, -0.25) is 4.57 Å².